The molecule has 128 valence electrons. The number of esters is 1. The standard InChI is InChI=1S/C17H26N2O4/c20-15(19-17(22)18-14-3-1-2-4-14)10-23-16(21)9-13-8-11-5-6-12(13)7-11/h11-14H,1-10H2,(H2,18,19,20,22)/t11-,12+,13-/m0/s1. The molecule has 0 aliphatic heterocycles. The van der Waals surface area contributed by atoms with E-state index in [9.17, 15) is 14.4 Å². The van der Waals surface area contributed by atoms with Crippen LogP contribution >= 0.6 is 0 Å². The molecule has 0 radical (unpaired) electrons. The maximum Gasteiger partial charge on any atom is 0.321 e. The van der Waals surface area contributed by atoms with Crippen molar-refractivity contribution >= 4 is 17.9 Å². The van der Waals surface area contributed by atoms with Gasteiger partial charge >= 0.3 is 12.0 Å². The van der Waals surface area contributed by atoms with Crippen LogP contribution in [0.3, 0.4) is 0 Å². The molecule has 0 aromatic heterocycles. The zero-order chi connectivity index (χ0) is 16.2. The van der Waals surface area contributed by atoms with Crippen LogP contribution < -0.4 is 10.6 Å². The van der Waals surface area contributed by atoms with Crippen LogP contribution in [0.2, 0.25) is 0 Å². The number of ether oxygens (including phenoxy) is 1. The van der Waals surface area contributed by atoms with E-state index in [2.05, 4.69) is 10.6 Å². The van der Waals surface area contributed by atoms with E-state index in [4.69, 9.17) is 4.74 Å². The van der Waals surface area contributed by atoms with Gasteiger partial charge in [0.2, 0.25) is 0 Å². The first-order valence-electron chi connectivity index (χ1n) is 8.86. The zero-order valence-corrected chi connectivity index (χ0v) is 13.5. The molecule has 3 amide bonds. The van der Waals surface area contributed by atoms with E-state index in [1.807, 2.05) is 0 Å². The summed E-state index contributed by atoms with van der Waals surface area (Å²) in [4.78, 5) is 35.1. The van der Waals surface area contributed by atoms with Crippen molar-refractivity contribution < 1.29 is 19.1 Å². The van der Waals surface area contributed by atoms with E-state index in [1.54, 1.807) is 0 Å². The molecule has 0 spiro atoms. The number of fused-ring (bicyclic) bond motifs is 2. The first-order chi connectivity index (χ1) is 11.1. The van der Waals surface area contributed by atoms with Gasteiger partial charge in [0.05, 0.1) is 0 Å². The molecule has 0 unspecified atom stereocenters. The normalized spacial score (nSPS) is 29.5. The Morgan fingerprint density at radius 2 is 1.78 bits per heavy atom. The topological polar surface area (TPSA) is 84.5 Å². The van der Waals surface area contributed by atoms with E-state index in [1.165, 1.54) is 19.3 Å². The van der Waals surface area contributed by atoms with Crippen molar-refractivity contribution in [3.05, 3.63) is 0 Å². The molecule has 6 nitrogen and oxygen atoms in total. The summed E-state index contributed by atoms with van der Waals surface area (Å²) < 4.78 is 5.01. The van der Waals surface area contributed by atoms with Crippen LogP contribution in [0.4, 0.5) is 4.79 Å². The summed E-state index contributed by atoms with van der Waals surface area (Å²) in [6, 6.07) is -0.339. The molecular weight excluding hydrogens is 296 g/mol. The van der Waals surface area contributed by atoms with Gasteiger partial charge < -0.3 is 10.1 Å². The number of amides is 3. The summed E-state index contributed by atoms with van der Waals surface area (Å²) in [6.45, 7) is -0.377. The highest BCUT2D eigenvalue weighted by molar-refractivity contribution is 5.95. The second-order valence-electron chi connectivity index (χ2n) is 7.30. The molecule has 6 heteroatoms. The Morgan fingerprint density at radius 3 is 2.43 bits per heavy atom. The minimum absolute atomic E-state index is 0.156. The fourth-order valence-corrected chi connectivity index (χ4v) is 4.50. The first-order valence-corrected chi connectivity index (χ1v) is 8.86. The van der Waals surface area contributed by atoms with Gasteiger partial charge in [-0.25, -0.2) is 4.79 Å². The van der Waals surface area contributed by atoms with Gasteiger partial charge in [0.25, 0.3) is 5.91 Å². The lowest BCUT2D eigenvalue weighted by molar-refractivity contribution is -0.149. The van der Waals surface area contributed by atoms with E-state index < -0.39 is 11.9 Å². The Kier molecular flexibility index (Phi) is 5.18. The number of urea groups is 1. The van der Waals surface area contributed by atoms with Gasteiger partial charge in [0, 0.05) is 12.5 Å². The Labute approximate surface area is 136 Å². The van der Waals surface area contributed by atoms with Gasteiger partial charge in [-0.05, 0) is 49.9 Å². The molecule has 2 bridgehead atoms. The quantitative estimate of drug-likeness (QED) is 0.759. The van der Waals surface area contributed by atoms with Crippen LogP contribution in [0.1, 0.15) is 57.8 Å². The van der Waals surface area contributed by atoms with Crippen LogP contribution in [0, 0.1) is 17.8 Å². The molecule has 0 saturated heterocycles. The van der Waals surface area contributed by atoms with Crippen LogP contribution in [0.5, 0.6) is 0 Å². The maximum absolute atomic E-state index is 11.8. The summed E-state index contributed by atoms with van der Waals surface area (Å²) in [5.74, 6) is 0.990. The smallest absolute Gasteiger partial charge is 0.321 e. The van der Waals surface area contributed by atoms with Gasteiger partial charge in [-0.15, -0.1) is 0 Å². The summed E-state index contributed by atoms with van der Waals surface area (Å²) in [5, 5.41) is 4.98. The molecule has 3 atom stereocenters. The molecule has 3 rings (SSSR count). The number of hydrogen-bond donors (Lipinski definition) is 2. The second-order valence-corrected chi connectivity index (χ2v) is 7.30. The number of carbonyl (C=O) groups excluding carboxylic acids is 3. The third kappa shape index (κ3) is 4.45. The van der Waals surface area contributed by atoms with Crippen LogP contribution in [0.15, 0.2) is 0 Å². The van der Waals surface area contributed by atoms with Crippen molar-refractivity contribution in [2.45, 2.75) is 63.8 Å². The zero-order valence-electron chi connectivity index (χ0n) is 13.5. The predicted molar refractivity (Wildman–Crippen MR) is 83.4 cm³/mol. The van der Waals surface area contributed by atoms with E-state index in [0.29, 0.717) is 18.3 Å². The number of imide groups is 1. The highest BCUT2D eigenvalue weighted by atomic mass is 16.5. The average Bonchev–Trinajstić information content (AvgIpc) is 3.22. The highest BCUT2D eigenvalue weighted by Crippen LogP contribution is 2.49. The molecule has 3 fully saturated rings. The molecule has 0 aromatic carbocycles. The summed E-state index contributed by atoms with van der Waals surface area (Å²) >= 11 is 0. The lowest BCUT2D eigenvalue weighted by Crippen LogP contribution is -2.45. The van der Waals surface area contributed by atoms with Crippen molar-refractivity contribution in [2.24, 2.45) is 17.8 Å². The fourth-order valence-electron chi connectivity index (χ4n) is 4.50. The van der Waals surface area contributed by atoms with E-state index in [0.717, 1.165) is 38.0 Å². The first kappa shape index (κ1) is 16.3. The molecule has 3 aliphatic rings. The van der Waals surface area contributed by atoms with Crippen molar-refractivity contribution in [3.63, 3.8) is 0 Å². The third-order valence-electron chi connectivity index (χ3n) is 5.62. The second kappa shape index (κ2) is 7.32. The number of rotatable bonds is 5. The van der Waals surface area contributed by atoms with E-state index >= 15 is 0 Å². The van der Waals surface area contributed by atoms with Crippen LogP contribution in [-0.2, 0) is 14.3 Å². The molecular formula is C17H26N2O4. The number of carbonyl (C=O) groups is 3. The van der Waals surface area contributed by atoms with Gasteiger partial charge in [0.1, 0.15) is 0 Å². The van der Waals surface area contributed by atoms with Crippen molar-refractivity contribution in [2.75, 3.05) is 6.61 Å². The van der Waals surface area contributed by atoms with Gasteiger partial charge in [0.15, 0.2) is 6.61 Å². The van der Waals surface area contributed by atoms with Gasteiger partial charge in [-0.2, -0.15) is 0 Å². The van der Waals surface area contributed by atoms with Crippen LogP contribution in [0.25, 0.3) is 0 Å². The minimum Gasteiger partial charge on any atom is -0.456 e. The predicted octanol–water partition coefficient (Wildman–Crippen LogP) is 2.12. The van der Waals surface area contributed by atoms with Crippen molar-refractivity contribution in [1.82, 2.24) is 10.6 Å². The average molecular weight is 322 g/mol. The van der Waals surface area contributed by atoms with Gasteiger partial charge in [-0.3, -0.25) is 14.9 Å². The lowest BCUT2D eigenvalue weighted by Gasteiger charge is -2.20. The highest BCUT2D eigenvalue weighted by Gasteiger charge is 2.40. The Morgan fingerprint density at radius 1 is 1.00 bits per heavy atom. The minimum atomic E-state index is -0.568. The summed E-state index contributed by atoms with van der Waals surface area (Å²) in [6.07, 6.45) is 9.44. The summed E-state index contributed by atoms with van der Waals surface area (Å²) in [7, 11) is 0. The molecule has 0 heterocycles. The Hall–Kier alpha value is -1.59. The Bertz CT molecular complexity index is 473. The molecule has 3 aliphatic carbocycles. The summed E-state index contributed by atoms with van der Waals surface area (Å²) in [5.41, 5.74) is 0. The molecule has 0 aromatic rings. The van der Waals surface area contributed by atoms with Crippen molar-refractivity contribution in [1.29, 1.82) is 0 Å². The number of nitrogens with one attached hydrogen (secondary N) is 2. The fraction of sp³-hybridized carbons (Fsp3) is 0.824. The SMILES string of the molecule is O=C(COC(=O)C[C@@H]1C[C@H]2CC[C@@H]1C2)NC(=O)NC1CCCC1. The maximum atomic E-state index is 11.8. The molecule has 23 heavy (non-hydrogen) atoms. The van der Waals surface area contributed by atoms with Crippen molar-refractivity contribution in [3.8, 4) is 0 Å². The third-order valence-corrected chi connectivity index (χ3v) is 5.62. The monoisotopic (exact) mass is 322 g/mol. The van der Waals surface area contributed by atoms with E-state index in [-0.39, 0.29) is 18.6 Å². The molecule has 2 N–H and O–H groups in total. The Balaban J connectivity index is 1.30. The largest absolute Gasteiger partial charge is 0.456 e. The number of hydrogen-bond acceptors (Lipinski definition) is 4. The molecule has 3 saturated carbocycles. The lowest BCUT2D eigenvalue weighted by atomic mass is 9.86. The van der Waals surface area contributed by atoms with Crippen LogP contribution in [-0.4, -0.2) is 30.6 Å². The van der Waals surface area contributed by atoms with Gasteiger partial charge in [-0.1, -0.05) is 19.3 Å².